The van der Waals surface area contributed by atoms with E-state index < -0.39 is 0 Å². The fraction of sp³-hybridized carbons (Fsp3) is 0.304. The molecule has 5 rings (SSSR count). The van der Waals surface area contributed by atoms with E-state index in [1.165, 1.54) is 33.5 Å². The second-order valence-electron chi connectivity index (χ2n) is 7.73. The van der Waals surface area contributed by atoms with Crippen molar-refractivity contribution in [2.75, 3.05) is 17.8 Å². The van der Waals surface area contributed by atoms with Gasteiger partial charge in [-0.05, 0) is 42.5 Å². The van der Waals surface area contributed by atoms with E-state index in [4.69, 9.17) is 9.72 Å². The number of carbonyl (C=O) groups excluding carboxylic acids is 1. The second-order valence-corrected chi connectivity index (χ2v) is 10.6. The minimum atomic E-state index is -0.0891. The van der Waals surface area contributed by atoms with Gasteiger partial charge >= 0.3 is 0 Å². The van der Waals surface area contributed by atoms with Gasteiger partial charge in [0.25, 0.3) is 5.56 Å². The Labute approximate surface area is 203 Å². The first-order valence-electron chi connectivity index (χ1n) is 10.5. The molecule has 0 unspecified atom stereocenters. The molecule has 33 heavy (non-hydrogen) atoms. The minimum Gasteiger partial charge on any atom is -0.497 e. The third kappa shape index (κ3) is 4.30. The molecule has 0 aliphatic heterocycles. The SMILES string of the molecule is COc1ccc(CN(C(=O)CSc2nc3sc4c(c3c(=O)n2C)CCC4)c2nccs2)cc1. The van der Waals surface area contributed by atoms with Crippen LogP contribution in [0.15, 0.2) is 45.8 Å². The molecular formula is C23H22N4O3S3. The maximum absolute atomic E-state index is 13.3. The first-order valence-corrected chi connectivity index (χ1v) is 13.2. The summed E-state index contributed by atoms with van der Waals surface area (Å²) in [6, 6.07) is 7.63. The van der Waals surface area contributed by atoms with Gasteiger partial charge in [0.05, 0.1) is 24.8 Å². The van der Waals surface area contributed by atoms with Crippen molar-refractivity contribution in [3.05, 3.63) is 62.2 Å². The van der Waals surface area contributed by atoms with Gasteiger partial charge in [-0.3, -0.25) is 19.1 Å². The van der Waals surface area contributed by atoms with Gasteiger partial charge in [0.2, 0.25) is 5.91 Å². The van der Waals surface area contributed by atoms with Crippen molar-refractivity contribution in [2.24, 2.45) is 7.05 Å². The first-order chi connectivity index (χ1) is 16.0. The van der Waals surface area contributed by atoms with Gasteiger partial charge in [0, 0.05) is 23.5 Å². The van der Waals surface area contributed by atoms with E-state index >= 15 is 0 Å². The van der Waals surface area contributed by atoms with Crippen LogP contribution in [0.3, 0.4) is 0 Å². The third-order valence-corrected chi connectivity index (χ3v) is 8.68. The van der Waals surface area contributed by atoms with Crippen LogP contribution in [0.1, 0.15) is 22.4 Å². The van der Waals surface area contributed by atoms with Gasteiger partial charge < -0.3 is 4.74 Å². The lowest BCUT2D eigenvalue weighted by Gasteiger charge is -2.20. The molecule has 0 atom stereocenters. The van der Waals surface area contributed by atoms with Crippen LogP contribution in [-0.2, 0) is 31.2 Å². The molecule has 1 aromatic carbocycles. The highest BCUT2D eigenvalue weighted by Gasteiger charge is 2.24. The molecule has 0 saturated heterocycles. The molecule has 0 radical (unpaired) electrons. The number of hydrogen-bond acceptors (Lipinski definition) is 8. The summed E-state index contributed by atoms with van der Waals surface area (Å²) in [7, 11) is 3.36. The van der Waals surface area contributed by atoms with Crippen LogP contribution in [-0.4, -0.2) is 33.3 Å². The zero-order chi connectivity index (χ0) is 22.9. The number of thioether (sulfide) groups is 1. The van der Waals surface area contributed by atoms with Gasteiger partial charge in [0.1, 0.15) is 10.6 Å². The number of thiophene rings is 1. The lowest BCUT2D eigenvalue weighted by atomic mass is 10.2. The molecular weight excluding hydrogens is 476 g/mol. The number of carbonyl (C=O) groups is 1. The van der Waals surface area contributed by atoms with Crippen LogP contribution in [0.25, 0.3) is 10.2 Å². The van der Waals surface area contributed by atoms with E-state index in [0.717, 1.165) is 40.8 Å². The number of amides is 1. The largest absolute Gasteiger partial charge is 0.497 e. The number of nitrogens with zero attached hydrogens (tertiary/aromatic N) is 4. The standard InChI is InChI=1S/C23H22N4O3S3/c1-26-21(29)19-16-4-3-5-17(16)33-20(19)25-23(26)32-13-18(28)27(22-24-10-11-31-22)12-14-6-8-15(30-2)9-7-14/h6-11H,3-5,12-13H2,1-2H3. The van der Waals surface area contributed by atoms with Crippen molar-refractivity contribution < 1.29 is 9.53 Å². The molecule has 1 aliphatic rings. The van der Waals surface area contributed by atoms with Gasteiger partial charge in [-0.1, -0.05) is 23.9 Å². The van der Waals surface area contributed by atoms with Gasteiger partial charge in [-0.25, -0.2) is 9.97 Å². The van der Waals surface area contributed by atoms with Crippen molar-refractivity contribution in [3.8, 4) is 5.75 Å². The maximum atomic E-state index is 13.3. The molecule has 0 bridgehead atoms. The van der Waals surface area contributed by atoms with Gasteiger partial charge in [0.15, 0.2) is 10.3 Å². The molecule has 4 aromatic rings. The highest BCUT2D eigenvalue weighted by Crippen LogP contribution is 2.35. The first kappa shape index (κ1) is 22.1. The zero-order valence-electron chi connectivity index (χ0n) is 18.2. The van der Waals surface area contributed by atoms with E-state index in [9.17, 15) is 9.59 Å². The number of rotatable bonds is 7. The number of thiazole rings is 1. The fourth-order valence-electron chi connectivity index (χ4n) is 3.96. The quantitative estimate of drug-likeness (QED) is 0.280. The monoisotopic (exact) mass is 498 g/mol. The van der Waals surface area contributed by atoms with Crippen molar-refractivity contribution in [1.82, 2.24) is 14.5 Å². The van der Waals surface area contributed by atoms with Crippen molar-refractivity contribution in [3.63, 3.8) is 0 Å². The minimum absolute atomic E-state index is 0.0237. The number of aromatic nitrogens is 3. The topological polar surface area (TPSA) is 77.3 Å². The molecule has 10 heteroatoms. The summed E-state index contributed by atoms with van der Waals surface area (Å²) in [5.74, 6) is 0.837. The molecule has 0 fully saturated rings. The molecule has 1 amide bonds. The zero-order valence-corrected chi connectivity index (χ0v) is 20.7. The van der Waals surface area contributed by atoms with Crippen LogP contribution < -0.4 is 15.2 Å². The van der Waals surface area contributed by atoms with Crippen LogP contribution >= 0.6 is 34.4 Å². The van der Waals surface area contributed by atoms with Gasteiger partial charge in [-0.15, -0.1) is 22.7 Å². The predicted molar refractivity (Wildman–Crippen MR) is 134 cm³/mol. The Bertz CT molecular complexity index is 1360. The van der Waals surface area contributed by atoms with Crippen molar-refractivity contribution in [2.45, 2.75) is 31.0 Å². The summed E-state index contributed by atoms with van der Waals surface area (Å²) in [6.07, 6.45) is 4.77. The number of methoxy groups -OCH3 is 1. The van der Waals surface area contributed by atoms with E-state index in [1.807, 2.05) is 29.6 Å². The van der Waals surface area contributed by atoms with Gasteiger partial charge in [-0.2, -0.15) is 0 Å². The Balaban J connectivity index is 1.37. The molecule has 3 aromatic heterocycles. The highest BCUT2D eigenvalue weighted by molar-refractivity contribution is 7.99. The van der Waals surface area contributed by atoms with Crippen LogP contribution in [0.5, 0.6) is 5.75 Å². The van der Waals surface area contributed by atoms with E-state index in [-0.39, 0.29) is 17.2 Å². The van der Waals surface area contributed by atoms with Crippen LogP contribution in [0, 0.1) is 0 Å². The molecule has 3 heterocycles. The Hall–Kier alpha value is -2.69. The maximum Gasteiger partial charge on any atom is 0.262 e. The summed E-state index contributed by atoms with van der Waals surface area (Å²) in [6.45, 7) is 0.403. The Morgan fingerprint density at radius 1 is 1.27 bits per heavy atom. The van der Waals surface area contributed by atoms with Crippen LogP contribution in [0.4, 0.5) is 5.13 Å². The summed E-state index contributed by atoms with van der Waals surface area (Å²) in [5, 5.41) is 3.81. The molecule has 0 spiro atoms. The number of fused-ring (bicyclic) bond motifs is 3. The number of aryl methyl sites for hydroxylation is 2. The Morgan fingerprint density at radius 3 is 2.82 bits per heavy atom. The van der Waals surface area contributed by atoms with Crippen LogP contribution in [0.2, 0.25) is 0 Å². The smallest absolute Gasteiger partial charge is 0.262 e. The Morgan fingerprint density at radius 2 is 2.09 bits per heavy atom. The van der Waals surface area contributed by atoms with Crippen molar-refractivity contribution in [1.29, 1.82) is 0 Å². The summed E-state index contributed by atoms with van der Waals surface area (Å²) in [4.78, 5) is 39.1. The number of ether oxygens (including phenoxy) is 1. The summed E-state index contributed by atoms with van der Waals surface area (Å²) in [5.41, 5.74) is 2.12. The Kier molecular flexibility index (Phi) is 6.22. The number of anilines is 1. The lowest BCUT2D eigenvalue weighted by molar-refractivity contribution is -0.116. The average molecular weight is 499 g/mol. The van der Waals surface area contributed by atoms with E-state index in [2.05, 4.69) is 4.98 Å². The van der Waals surface area contributed by atoms with E-state index in [0.29, 0.717) is 16.8 Å². The summed E-state index contributed by atoms with van der Waals surface area (Å²) >= 11 is 4.33. The predicted octanol–water partition coefficient (Wildman–Crippen LogP) is 4.27. The molecule has 0 N–H and O–H groups in total. The normalized spacial score (nSPS) is 12.8. The molecule has 0 saturated carbocycles. The molecule has 7 nitrogen and oxygen atoms in total. The number of hydrogen-bond donors (Lipinski definition) is 0. The van der Waals surface area contributed by atoms with Crippen molar-refractivity contribution >= 4 is 55.7 Å². The molecule has 170 valence electrons. The molecule has 1 aliphatic carbocycles. The van der Waals surface area contributed by atoms with E-state index in [1.54, 1.807) is 41.2 Å². The average Bonchev–Trinajstić information content (AvgIpc) is 3.57. The highest BCUT2D eigenvalue weighted by atomic mass is 32.2. The third-order valence-electron chi connectivity index (χ3n) is 5.68. The fourth-order valence-corrected chi connectivity index (χ4v) is 6.77. The number of benzene rings is 1. The summed E-state index contributed by atoms with van der Waals surface area (Å²) < 4.78 is 6.80. The lowest BCUT2D eigenvalue weighted by Crippen LogP contribution is -2.32. The second kappa shape index (κ2) is 9.28.